The van der Waals surface area contributed by atoms with Crippen molar-refractivity contribution < 1.29 is 26.9 Å². The van der Waals surface area contributed by atoms with Crippen molar-refractivity contribution in [2.24, 2.45) is 0 Å². The van der Waals surface area contributed by atoms with Gasteiger partial charge < -0.3 is 13.8 Å². The van der Waals surface area contributed by atoms with Crippen molar-refractivity contribution in [3.63, 3.8) is 0 Å². The summed E-state index contributed by atoms with van der Waals surface area (Å²) < 4.78 is 38.1. The van der Waals surface area contributed by atoms with Crippen molar-refractivity contribution in [3.05, 3.63) is 73.1 Å². The second-order valence-corrected chi connectivity index (χ2v) is 12.7. The van der Waals surface area contributed by atoms with Crippen molar-refractivity contribution in [1.29, 1.82) is 0 Å². The minimum Gasteiger partial charge on any atom is -0.490 e. The molecule has 2 aromatic carbocycles. The van der Waals surface area contributed by atoms with Gasteiger partial charge >= 0.3 is 10.1 Å². The van der Waals surface area contributed by atoms with Gasteiger partial charge in [0.2, 0.25) is 0 Å². The van der Waals surface area contributed by atoms with Crippen molar-refractivity contribution in [1.82, 2.24) is 4.90 Å². The van der Waals surface area contributed by atoms with Gasteiger partial charge in [-0.3, -0.25) is 9.59 Å². The van der Waals surface area contributed by atoms with Gasteiger partial charge in [-0.2, -0.15) is 8.42 Å². The molecule has 1 heterocycles. The number of carbonyl (C=O) groups excluding carboxylic acids is 2. The zero-order chi connectivity index (χ0) is 27.2. The van der Waals surface area contributed by atoms with Gasteiger partial charge in [-0.25, -0.2) is 0 Å². The zero-order valence-electron chi connectivity index (χ0n) is 21.1. The molecule has 38 heavy (non-hydrogen) atoms. The van der Waals surface area contributed by atoms with Gasteiger partial charge in [0.15, 0.2) is 23.1 Å². The number of hydrogen-bond acceptors (Lipinski definition) is 7. The van der Waals surface area contributed by atoms with E-state index >= 15 is 0 Å². The molecule has 2 aromatic rings. The predicted octanol–water partition coefficient (Wildman–Crippen LogP) is 6.15. The minimum atomic E-state index is -4.17. The zero-order valence-corrected chi connectivity index (χ0v) is 24.8. The van der Waals surface area contributed by atoms with Crippen LogP contribution in [0.4, 0.5) is 0 Å². The first kappa shape index (κ1) is 27.2. The number of nitrogens with zero attached hydrogens (tertiary/aromatic N) is 1. The lowest BCUT2D eigenvalue weighted by atomic mass is 9.71. The molecule has 0 bridgehead atoms. The summed E-state index contributed by atoms with van der Waals surface area (Å²) in [6.07, 6.45) is 3.99. The predicted molar refractivity (Wildman–Crippen MR) is 152 cm³/mol. The van der Waals surface area contributed by atoms with Gasteiger partial charge in [-0.1, -0.05) is 11.6 Å². The normalized spacial score (nSPS) is 18.5. The molecule has 3 aliphatic rings. The fourth-order valence-corrected chi connectivity index (χ4v) is 7.51. The highest BCUT2D eigenvalue weighted by molar-refractivity contribution is 14.1. The van der Waals surface area contributed by atoms with Crippen LogP contribution in [-0.2, 0) is 19.7 Å². The summed E-state index contributed by atoms with van der Waals surface area (Å²) in [7, 11) is -2.22. The average molecular weight is 668 g/mol. The van der Waals surface area contributed by atoms with E-state index in [2.05, 4.69) is 4.90 Å². The standard InChI is InChI=1S/C28H27ClINO6S/c1-3-36-24-15-16(14-19(30)28(24)37-38(34,35)18-12-10-17(29)11-13-18)25-26-20(6-4-8-22(26)32)31(2)21-7-5-9-23(33)27(21)25/h10-15,25H,3-9H2,1-2H3. The molecule has 0 N–H and O–H groups in total. The number of carbonyl (C=O) groups is 2. The topological polar surface area (TPSA) is 90.0 Å². The summed E-state index contributed by atoms with van der Waals surface area (Å²) in [4.78, 5) is 28.6. The number of halogens is 2. The summed E-state index contributed by atoms with van der Waals surface area (Å²) in [6, 6.07) is 9.23. The number of hydrogen-bond donors (Lipinski definition) is 0. The largest absolute Gasteiger partial charge is 0.490 e. The van der Waals surface area contributed by atoms with Gasteiger partial charge in [0.05, 0.1) is 10.2 Å². The maximum atomic E-state index is 13.3. The Labute approximate surface area is 241 Å². The Morgan fingerprint density at radius 1 is 0.974 bits per heavy atom. The molecule has 0 atom stereocenters. The Morgan fingerprint density at radius 3 is 2.11 bits per heavy atom. The maximum Gasteiger partial charge on any atom is 0.339 e. The Hall–Kier alpha value is -2.37. The molecule has 0 saturated heterocycles. The van der Waals surface area contributed by atoms with E-state index in [1.54, 1.807) is 19.1 Å². The van der Waals surface area contributed by atoms with Gasteiger partial charge in [0.25, 0.3) is 0 Å². The maximum absolute atomic E-state index is 13.3. The SMILES string of the molecule is CCOc1cc(C2C3=C(CCCC3=O)N(C)C3=C2C(=O)CCC3)cc(I)c1OS(=O)(=O)c1ccc(Cl)cc1. The van der Waals surface area contributed by atoms with Crippen LogP contribution >= 0.6 is 34.2 Å². The molecule has 1 aliphatic heterocycles. The first-order valence-corrected chi connectivity index (χ1v) is 15.4. The number of rotatable bonds is 6. The number of benzene rings is 2. The molecule has 5 rings (SSSR count). The van der Waals surface area contributed by atoms with E-state index in [0.29, 0.717) is 38.1 Å². The van der Waals surface area contributed by atoms with E-state index in [9.17, 15) is 18.0 Å². The lowest BCUT2D eigenvalue weighted by Crippen LogP contribution is -2.37. The van der Waals surface area contributed by atoms with E-state index < -0.39 is 16.0 Å². The van der Waals surface area contributed by atoms with Crippen LogP contribution in [0.3, 0.4) is 0 Å². The summed E-state index contributed by atoms with van der Waals surface area (Å²) in [5.74, 6) is -0.126. The van der Waals surface area contributed by atoms with E-state index in [1.165, 1.54) is 24.3 Å². The third kappa shape index (κ3) is 4.88. The number of ketones is 2. The first-order valence-electron chi connectivity index (χ1n) is 12.5. The Morgan fingerprint density at radius 2 is 1.55 bits per heavy atom. The molecule has 7 nitrogen and oxygen atoms in total. The Kier molecular flexibility index (Phi) is 7.63. The van der Waals surface area contributed by atoms with Gasteiger partial charge in [-0.05, 0) is 97.2 Å². The van der Waals surface area contributed by atoms with Crippen LogP contribution in [0.25, 0.3) is 0 Å². The monoisotopic (exact) mass is 667 g/mol. The molecule has 2 aliphatic carbocycles. The molecular formula is C28H27ClINO6S. The van der Waals surface area contributed by atoms with Crippen LogP contribution in [0.5, 0.6) is 11.5 Å². The first-order chi connectivity index (χ1) is 18.1. The molecule has 0 unspecified atom stereocenters. The Bertz CT molecular complexity index is 1450. The third-order valence-electron chi connectivity index (χ3n) is 7.20. The highest BCUT2D eigenvalue weighted by atomic mass is 127. The van der Waals surface area contributed by atoms with Crippen molar-refractivity contribution >= 4 is 55.9 Å². The van der Waals surface area contributed by atoms with Gasteiger partial charge in [0.1, 0.15) is 4.90 Å². The molecule has 0 aromatic heterocycles. The van der Waals surface area contributed by atoms with Crippen LogP contribution in [0, 0.1) is 3.57 Å². The molecule has 0 radical (unpaired) electrons. The molecule has 0 saturated carbocycles. The number of allylic oxidation sites excluding steroid dienone is 4. The molecule has 0 fully saturated rings. The van der Waals surface area contributed by atoms with E-state index in [4.69, 9.17) is 20.5 Å². The second-order valence-electron chi connectivity index (χ2n) is 9.52. The van der Waals surface area contributed by atoms with Gasteiger partial charge in [-0.15, -0.1) is 0 Å². The minimum absolute atomic E-state index is 0.0373. The lowest BCUT2D eigenvalue weighted by molar-refractivity contribution is -0.117. The van der Waals surface area contributed by atoms with Crippen LogP contribution in [0.1, 0.15) is 56.9 Å². The smallest absolute Gasteiger partial charge is 0.339 e. The lowest BCUT2D eigenvalue weighted by Gasteiger charge is -2.42. The Balaban J connectivity index is 1.64. The van der Waals surface area contributed by atoms with Crippen LogP contribution in [0.2, 0.25) is 5.02 Å². The number of Topliss-reactive ketones (excluding diaryl/α,β-unsaturated/α-hetero) is 2. The van der Waals surface area contributed by atoms with Crippen molar-refractivity contribution in [2.45, 2.75) is 56.3 Å². The fraction of sp³-hybridized carbons (Fsp3) is 0.357. The van der Waals surface area contributed by atoms with Crippen molar-refractivity contribution in [3.8, 4) is 11.5 Å². The van der Waals surface area contributed by atoms with Crippen LogP contribution < -0.4 is 8.92 Å². The summed E-state index contributed by atoms with van der Waals surface area (Å²) >= 11 is 7.94. The third-order valence-corrected chi connectivity index (χ3v) is 9.49. The van der Waals surface area contributed by atoms with Crippen LogP contribution in [0.15, 0.2) is 63.8 Å². The van der Waals surface area contributed by atoms with E-state index in [-0.39, 0.29) is 34.6 Å². The molecular weight excluding hydrogens is 641 g/mol. The highest BCUT2D eigenvalue weighted by Crippen LogP contribution is 2.50. The summed E-state index contributed by atoms with van der Waals surface area (Å²) in [5.41, 5.74) is 3.98. The van der Waals surface area contributed by atoms with Crippen LogP contribution in [-0.4, -0.2) is 38.5 Å². The quantitative estimate of drug-likeness (QED) is 0.270. The van der Waals surface area contributed by atoms with Crippen molar-refractivity contribution in [2.75, 3.05) is 13.7 Å². The number of ether oxygens (including phenoxy) is 1. The molecule has 0 spiro atoms. The highest BCUT2D eigenvalue weighted by Gasteiger charge is 2.42. The molecule has 200 valence electrons. The molecule has 10 heteroatoms. The second kappa shape index (κ2) is 10.7. The fourth-order valence-electron chi connectivity index (χ4n) is 5.54. The molecule has 0 amide bonds. The van der Waals surface area contributed by atoms with E-state index in [0.717, 1.165) is 37.1 Å². The van der Waals surface area contributed by atoms with E-state index in [1.807, 2.05) is 29.6 Å². The summed E-state index contributed by atoms with van der Waals surface area (Å²) in [5, 5.41) is 0.410. The summed E-state index contributed by atoms with van der Waals surface area (Å²) in [6.45, 7) is 2.06. The average Bonchev–Trinajstić information content (AvgIpc) is 2.87. The van der Waals surface area contributed by atoms with Gasteiger partial charge in [0, 0.05) is 53.4 Å².